The second-order valence-electron chi connectivity index (χ2n) is 6.39. The normalized spacial score (nSPS) is 33.6. The summed E-state index contributed by atoms with van der Waals surface area (Å²) < 4.78 is 36.8. The predicted octanol–water partition coefficient (Wildman–Crippen LogP) is 3.18. The van der Waals surface area contributed by atoms with Crippen LogP contribution in [-0.2, 0) is 0 Å². The molecule has 19 heavy (non-hydrogen) atoms. The minimum atomic E-state index is -4.02. The first kappa shape index (κ1) is 15.1. The molecule has 0 aromatic rings. The van der Waals surface area contributed by atoms with Gasteiger partial charge < -0.3 is 5.32 Å². The number of halogens is 3. The van der Waals surface area contributed by atoms with Crippen molar-refractivity contribution in [3.63, 3.8) is 0 Å². The van der Waals surface area contributed by atoms with E-state index in [9.17, 15) is 13.2 Å². The summed E-state index contributed by atoms with van der Waals surface area (Å²) >= 11 is 0. The van der Waals surface area contributed by atoms with Crippen LogP contribution < -0.4 is 5.32 Å². The highest BCUT2D eigenvalue weighted by molar-refractivity contribution is 4.99. The van der Waals surface area contributed by atoms with E-state index in [1.165, 1.54) is 12.8 Å². The van der Waals surface area contributed by atoms with Crippen molar-refractivity contribution in [2.75, 3.05) is 19.6 Å². The summed E-state index contributed by atoms with van der Waals surface area (Å²) in [7, 11) is 0. The van der Waals surface area contributed by atoms with Gasteiger partial charge in [-0.3, -0.25) is 4.90 Å². The Morgan fingerprint density at radius 1 is 1.32 bits per heavy atom. The zero-order chi connectivity index (χ0) is 14.1. The van der Waals surface area contributed by atoms with Gasteiger partial charge in [-0.25, -0.2) is 0 Å². The minimum Gasteiger partial charge on any atom is -0.309 e. The van der Waals surface area contributed by atoms with E-state index in [-0.39, 0.29) is 12.0 Å². The first-order chi connectivity index (χ1) is 8.83. The fourth-order valence-electron chi connectivity index (χ4n) is 3.01. The number of hydrogen-bond acceptors (Lipinski definition) is 2. The molecule has 1 saturated carbocycles. The van der Waals surface area contributed by atoms with Gasteiger partial charge in [0.25, 0.3) is 0 Å². The smallest absolute Gasteiger partial charge is 0.309 e. The Kier molecular flexibility index (Phi) is 4.45. The molecule has 2 aliphatic rings. The predicted molar refractivity (Wildman–Crippen MR) is 70.1 cm³/mol. The highest BCUT2D eigenvalue weighted by Crippen LogP contribution is 2.37. The van der Waals surface area contributed by atoms with Gasteiger partial charge in [-0.05, 0) is 45.1 Å². The van der Waals surface area contributed by atoms with Crippen LogP contribution in [0.3, 0.4) is 0 Å². The van der Waals surface area contributed by atoms with Gasteiger partial charge in [0.05, 0.1) is 0 Å². The van der Waals surface area contributed by atoms with Crippen molar-refractivity contribution in [2.24, 2.45) is 5.92 Å². The van der Waals surface area contributed by atoms with E-state index in [1.807, 2.05) is 0 Å². The average Bonchev–Trinajstić information content (AvgIpc) is 3.12. The van der Waals surface area contributed by atoms with E-state index in [1.54, 1.807) is 0 Å². The van der Waals surface area contributed by atoms with E-state index < -0.39 is 12.6 Å². The quantitative estimate of drug-likeness (QED) is 0.831. The van der Waals surface area contributed by atoms with Gasteiger partial charge in [0.2, 0.25) is 0 Å². The number of nitrogens with zero attached hydrogens (tertiary/aromatic N) is 1. The fraction of sp³-hybridized carbons (Fsp3) is 1.00. The van der Waals surface area contributed by atoms with Crippen LogP contribution in [0, 0.1) is 5.92 Å². The maximum absolute atomic E-state index is 12.3. The molecular weight excluding hydrogens is 253 g/mol. The second-order valence-corrected chi connectivity index (χ2v) is 6.39. The number of nitrogens with one attached hydrogen (secondary N) is 1. The maximum Gasteiger partial charge on any atom is 0.389 e. The van der Waals surface area contributed by atoms with Gasteiger partial charge in [0, 0.05) is 31.1 Å². The molecule has 1 saturated heterocycles. The van der Waals surface area contributed by atoms with Crippen LogP contribution in [-0.4, -0.2) is 42.3 Å². The third kappa shape index (κ3) is 4.35. The lowest BCUT2D eigenvalue weighted by Gasteiger charge is -2.46. The number of rotatable bonds is 5. The van der Waals surface area contributed by atoms with Crippen molar-refractivity contribution in [1.29, 1.82) is 0 Å². The SMILES string of the molecule is CCC1(C)CN(CCCC(F)(F)F)C(C2CC2)CN1. The van der Waals surface area contributed by atoms with Gasteiger partial charge in [-0.15, -0.1) is 0 Å². The summed E-state index contributed by atoms with van der Waals surface area (Å²) in [6.45, 7) is 6.70. The summed E-state index contributed by atoms with van der Waals surface area (Å²) in [5.41, 5.74) is 0.0591. The third-order valence-corrected chi connectivity index (χ3v) is 4.61. The number of alkyl halides is 3. The lowest BCUT2D eigenvalue weighted by molar-refractivity contribution is -0.136. The summed E-state index contributed by atoms with van der Waals surface area (Å²) in [4.78, 5) is 2.31. The van der Waals surface area contributed by atoms with Gasteiger partial charge >= 0.3 is 6.18 Å². The molecule has 2 nitrogen and oxygen atoms in total. The maximum atomic E-state index is 12.3. The number of piperazine rings is 1. The zero-order valence-electron chi connectivity index (χ0n) is 11.9. The van der Waals surface area contributed by atoms with E-state index in [0.29, 0.717) is 18.5 Å². The Morgan fingerprint density at radius 2 is 2.00 bits per heavy atom. The molecule has 0 radical (unpaired) electrons. The number of hydrogen-bond donors (Lipinski definition) is 1. The van der Waals surface area contributed by atoms with Crippen LogP contribution in [0.5, 0.6) is 0 Å². The minimum absolute atomic E-state index is 0.0591. The first-order valence-corrected chi connectivity index (χ1v) is 7.39. The molecule has 112 valence electrons. The van der Waals surface area contributed by atoms with E-state index >= 15 is 0 Å². The van der Waals surface area contributed by atoms with Crippen molar-refractivity contribution in [3.8, 4) is 0 Å². The van der Waals surface area contributed by atoms with E-state index in [2.05, 4.69) is 24.1 Å². The van der Waals surface area contributed by atoms with Crippen LogP contribution in [0.2, 0.25) is 0 Å². The Bertz CT molecular complexity index is 302. The Morgan fingerprint density at radius 3 is 2.53 bits per heavy atom. The molecule has 2 atom stereocenters. The lowest BCUT2D eigenvalue weighted by Crippen LogP contribution is -2.63. The van der Waals surface area contributed by atoms with Gasteiger partial charge in [0.1, 0.15) is 0 Å². The Balaban J connectivity index is 1.88. The molecule has 2 unspecified atom stereocenters. The average molecular weight is 278 g/mol. The summed E-state index contributed by atoms with van der Waals surface area (Å²) in [6.07, 6.45) is -0.948. The molecule has 1 N–H and O–H groups in total. The molecule has 0 spiro atoms. The molecule has 1 aliphatic heterocycles. The lowest BCUT2D eigenvalue weighted by atomic mass is 9.92. The third-order valence-electron chi connectivity index (χ3n) is 4.61. The van der Waals surface area contributed by atoms with E-state index in [4.69, 9.17) is 0 Å². The molecule has 0 aromatic carbocycles. The molecule has 5 heteroatoms. The zero-order valence-corrected chi connectivity index (χ0v) is 11.9. The van der Waals surface area contributed by atoms with Crippen LogP contribution in [0.15, 0.2) is 0 Å². The van der Waals surface area contributed by atoms with Crippen LogP contribution in [0.25, 0.3) is 0 Å². The van der Waals surface area contributed by atoms with Crippen LogP contribution in [0.4, 0.5) is 13.2 Å². The molecular formula is C14H25F3N2. The highest BCUT2D eigenvalue weighted by Gasteiger charge is 2.41. The fourth-order valence-corrected chi connectivity index (χ4v) is 3.01. The van der Waals surface area contributed by atoms with Crippen molar-refractivity contribution < 1.29 is 13.2 Å². The van der Waals surface area contributed by atoms with Crippen molar-refractivity contribution >= 4 is 0 Å². The second kappa shape index (κ2) is 5.60. The summed E-state index contributed by atoms with van der Waals surface area (Å²) in [5, 5.41) is 3.59. The van der Waals surface area contributed by atoms with Crippen molar-refractivity contribution in [2.45, 2.75) is 63.7 Å². The van der Waals surface area contributed by atoms with Crippen molar-refractivity contribution in [1.82, 2.24) is 10.2 Å². The first-order valence-electron chi connectivity index (χ1n) is 7.39. The van der Waals surface area contributed by atoms with Gasteiger partial charge in [-0.1, -0.05) is 6.92 Å². The van der Waals surface area contributed by atoms with Crippen LogP contribution in [0.1, 0.15) is 46.0 Å². The standard InChI is InChI=1S/C14H25F3N2/c1-3-13(2)10-19(8-4-7-14(15,16)17)12(9-18-13)11-5-6-11/h11-12,18H,3-10H2,1-2H3. The van der Waals surface area contributed by atoms with Gasteiger partial charge in [0.15, 0.2) is 0 Å². The molecule has 0 bridgehead atoms. The summed E-state index contributed by atoms with van der Waals surface area (Å²) in [6, 6.07) is 0.452. The summed E-state index contributed by atoms with van der Waals surface area (Å²) in [5.74, 6) is 0.708. The van der Waals surface area contributed by atoms with Crippen molar-refractivity contribution in [3.05, 3.63) is 0 Å². The monoisotopic (exact) mass is 278 g/mol. The largest absolute Gasteiger partial charge is 0.389 e. The molecule has 2 fully saturated rings. The molecule has 1 aliphatic carbocycles. The van der Waals surface area contributed by atoms with Gasteiger partial charge in [-0.2, -0.15) is 13.2 Å². The topological polar surface area (TPSA) is 15.3 Å². The molecule has 0 amide bonds. The highest BCUT2D eigenvalue weighted by atomic mass is 19.4. The molecule has 0 aromatic heterocycles. The Hall–Kier alpha value is -0.290. The van der Waals surface area contributed by atoms with Crippen LogP contribution >= 0.6 is 0 Å². The Labute approximate surface area is 113 Å². The molecule has 1 heterocycles. The molecule has 2 rings (SSSR count). The van der Waals surface area contributed by atoms with E-state index in [0.717, 1.165) is 19.5 Å².